The molecular formula is C20H22N2O4. The largest absolute Gasteiger partial charge is 0.497 e. The fourth-order valence-corrected chi connectivity index (χ4v) is 2.88. The van der Waals surface area contributed by atoms with E-state index >= 15 is 0 Å². The normalized spacial score (nSPS) is 13.1. The van der Waals surface area contributed by atoms with Crippen LogP contribution in [0.2, 0.25) is 0 Å². The molecule has 0 bridgehead atoms. The van der Waals surface area contributed by atoms with Gasteiger partial charge in [0.15, 0.2) is 11.5 Å². The van der Waals surface area contributed by atoms with Crippen LogP contribution in [0.4, 0.5) is 11.4 Å². The van der Waals surface area contributed by atoms with E-state index in [2.05, 4.69) is 5.32 Å². The second-order valence-corrected chi connectivity index (χ2v) is 5.75. The van der Waals surface area contributed by atoms with Crippen LogP contribution in [0, 0.1) is 0 Å². The van der Waals surface area contributed by atoms with Crippen molar-refractivity contribution in [2.24, 2.45) is 0 Å². The Balaban J connectivity index is 1.82. The average Bonchev–Trinajstić information content (AvgIpc) is 2.70. The molecule has 6 heteroatoms. The third kappa shape index (κ3) is 3.59. The summed E-state index contributed by atoms with van der Waals surface area (Å²) in [5, 5.41) is 3.30. The number of benzene rings is 2. The van der Waals surface area contributed by atoms with E-state index in [0.717, 1.165) is 16.9 Å². The molecule has 1 N–H and O–H groups in total. The lowest BCUT2D eigenvalue weighted by Crippen LogP contribution is -2.37. The molecule has 0 aliphatic carbocycles. The highest BCUT2D eigenvalue weighted by Gasteiger charge is 2.21. The first-order chi connectivity index (χ1) is 12.7. The van der Waals surface area contributed by atoms with Crippen LogP contribution in [-0.4, -0.2) is 40.3 Å². The van der Waals surface area contributed by atoms with Crippen LogP contribution in [0.5, 0.6) is 17.2 Å². The number of rotatable bonds is 5. The van der Waals surface area contributed by atoms with Gasteiger partial charge in [-0.15, -0.1) is 0 Å². The maximum Gasteiger partial charge on any atom is 0.251 e. The molecule has 0 atom stereocenters. The third-order valence-corrected chi connectivity index (χ3v) is 4.24. The standard InChI is InChI=1S/C20H22N2O4/c1-24-15-6-7-16-17(13-15)22(11-10-21-16)20(23)9-5-14-4-8-18(25-2)19(12-14)26-3/h4-9,12-13,21H,10-11H2,1-3H3. The summed E-state index contributed by atoms with van der Waals surface area (Å²) in [7, 11) is 4.79. The van der Waals surface area contributed by atoms with Gasteiger partial charge in [-0.25, -0.2) is 0 Å². The van der Waals surface area contributed by atoms with Crippen molar-refractivity contribution in [3.63, 3.8) is 0 Å². The van der Waals surface area contributed by atoms with Crippen molar-refractivity contribution in [1.29, 1.82) is 0 Å². The third-order valence-electron chi connectivity index (χ3n) is 4.24. The van der Waals surface area contributed by atoms with Crippen molar-refractivity contribution in [2.75, 3.05) is 44.6 Å². The number of carbonyl (C=O) groups excluding carboxylic acids is 1. The molecule has 0 saturated carbocycles. The number of carbonyl (C=O) groups is 1. The molecule has 6 nitrogen and oxygen atoms in total. The van der Waals surface area contributed by atoms with E-state index in [1.807, 2.05) is 36.4 Å². The maximum absolute atomic E-state index is 12.7. The van der Waals surface area contributed by atoms with Gasteiger partial charge >= 0.3 is 0 Å². The fraction of sp³-hybridized carbons (Fsp3) is 0.250. The van der Waals surface area contributed by atoms with Gasteiger partial charge in [-0.1, -0.05) is 6.07 Å². The molecular weight excluding hydrogens is 332 g/mol. The number of nitrogens with one attached hydrogen (secondary N) is 1. The maximum atomic E-state index is 12.7. The highest BCUT2D eigenvalue weighted by Crippen LogP contribution is 2.33. The predicted octanol–water partition coefficient (Wildman–Crippen LogP) is 3.18. The van der Waals surface area contributed by atoms with Gasteiger partial charge in [0, 0.05) is 25.2 Å². The lowest BCUT2D eigenvalue weighted by atomic mass is 10.1. The molecule has 0 saturated heterocycles. The summed E-state index contributed by atoms with van der Waals surface area (Å²) >= 11 is 0. The van der Waals surface area contributed by atoms with Gasteiger partial charge in [-0.3, -0.25) is 4.79 Å². The SMILES string of the molecule is COc1ccc2c(c1)N(C(=O)C=Cc1ccc(OC)c(OC)c1)CCN2. The highest BCUT2D eigenvalue weighted by molar-refractivity contribution is 6.06. The topological polar surface area (TPSA) is 60.0 Å². The van der Waals surface area contributed by atoms with E-state index < -0.39 is 0 Å². The minimum atomic E-state index is -0.0872. The molecule has 1 amide bonds. The molecule has 1 aliphatic heterocycles. The fourth-order valence-electron chi connectivity index (χ4n) is 2.88. The summed E-state index contributed by atoms with van der Waals surface area (Å²) in [6, 6.07) is 11.2. The minimum absolute atomic E-state index is 0.0872. The molecule has 1 heterocycles. The zero-order valence-corrected chi connectivity index (χ0v) is 15.1. The van der Waals surface area contributed by atoms with E-state index in [4.69, 9.17) is 14.2 Å². The first-order valence-corrected chi connectivity index (χ1v) is 8.29. The number of amides is 1. The van der Waals surface area contributed by atoms with Gasteiger partial charge in [-0.2, -0.15) is 0 Å². The summed E-state index contributed by atoms with van der Waals surface area (Å²) in [5.74, 6) is 1.91. The number of hydrogen-bond acceptors (Lipinski definition) is 5. The number of methoxy groups -OCH3 is 3. The summed E-state index contributed by atoms with van der Waals surface area (Å²) in [6.07, 6.45) is 3.34. The minimum Gasteiger partial charge on any atom is -0.497 e. The van der Waals surface area contributed by atoms with Crippen LogP contribution in [0.25, 0.3) is 6.08 Å². The van der Waals surface area contributed by atoms with Crippen molar-refractivity contribution >= 4 is 23.4 Å². The van der Waals surface area contributed by atoms with Crippen LogP contribution >= 0.6 is 0 Å². The van der Waals surface area contributed by atoms with Crippen LogP contribution in [0.15, 0.2) is 42.5 Å². The summed E-state index contributed by atoms with van der Waals surface area (Å²) < 4.78 is 15.8. The molecule has 0 spiro atoms. The second-order valence-electron chi connectivity index (χ2n) is 5.75. The Hall–Kier alpha value is -3.15. The molecule has 1 aliphatic rings. The Morgan fingerprint density at radius 1 is 1.04 bits per heavy atom. The van der Waals surface area contributed by atoms with E-state index in [9.17, 15) is 4.79 Å². The van der Waals surface area contributed by atoms with Crippen LogP contribution in [0.3, 0.4) is 0 Å². The number of fused-ring (bicyclic) bond motifs is 1. The van der Waals surface area contributed by atoms with Crippen molar-refractivity contribution in [2.45, 2.75) is 0 Å². The van der Waals surface area contributed by atoms with E-state index in [1.165, 1.54) is 0 Å². The molecule has 2 aromatic carbocycles. The Labute approximate surface area is 153 Å². The summed E-state index contributed by atoms with van der Waals surface area (Å²) in [6.45, 7) is 1.30. The molecule has 136 valence electrons. The molecule has 2 aromatic rings. The van der Waals surface area contributed by atoms with Crippen molar-refractivity contribution in [3.05, 3.63) is 48.0 Å². The lowest BCUT2D eigenvalue weighted by Gasteiger charge is -2.29. The van der Waals surface area contributed by atoms with E-state index in [-0.39, 0.29) is 5.91 Å². The Kier molecular flexibility index (Phi) is 5.31. The van der Waals surface area contributed by atoms with E-state index in [1.54, 1.807) is 38.4 Å². The molecule has 0 fully saturated rings. The van der Waals surface area contributed by atoms with Crippen molar-refractivity contribution < 1.29 is 19.0 Å². The number of nitrogens with zero attached hydrogens (tertiary/aromatic N) is 1. The molecule has 0 radical (unpaired) electrons. The number of hydrogen-bond donors (Lipinski definition) is 1. The van der Waals surface area contributed by atoms with Gasteiger partial charge in [-0.05, 0) is 35.9 Å². The number of anilines is 2. The van der Waals surface area contributed by atoms with Crippen molar-refractivity contribution in [3.8, 4) is 17.2 Å². The van der Waals surface area contributed by atoms with Gasteiger partial charge < -0.3 is 24.4 Å². The zero-order valence-electron chi connectivity index (χ0n) is 15.1. The second kappa shape index (κ2) is 7.82. The summed E-state index contributed by atoms with van der Waals surface area (Å²) in [5.41, 5.74) is 2.60. The van der Waals surface area contributed by atoms with Gasteiger partial charge in [0.2, 0.25) is 0 Å². The summed E-state index contributed by atoms with van der Waals surface area (Å²) in [4.78, 5) is 14.5. The van der Waals surface area contributed by atoms with Crippen molar-refractivity contribution in [1.82, 2.24) is 0 Å². The van der Waals surface area contributed by atoms with Gasteiger partial charge in [0.1, 0.15) is 5.75 Å². The predicted molar refractivity (Wildman–Crippen MR) is 102 cm³/mol. The van der Waals surface area contributed by atoms with Crippen LogP contribution in [-0.2, 0) is 4.79 Å². The lowest BCUT2D eigenvalue weighted by molar-refractivity contribution is -0.114. The first-order valence-electron chi connectivity index (χ1n) is 8.29. The van der Waals surface area contributed by atoms with Gasteiger partial charge in [0.05, 0.1) is 32.7 Å². The molecule has 0 unspecified atom stereocenters. The Morgan fingerprint density at radius 2 is 1.85 bits per heavy atom. The molecule has 3 rings (SSSR count). The monoisotopic (exact) mass is 354 g/mol. The first kappa shape index (κ1) is 17.7. The molecule has 26 heavy (non-hydrogen) atoms. The zero-order chi connectivity index (χ0) is 18.5. The van der Waals surface area contributed by atoms with E-state index in [0.29, 0.717) is 30.3 Å². The Morgan fingerprint density at radius 3 is 2.58 bits per heavy atom. The molecule has 0 aromatic heterocycles. The quantitative estimate of drug-likeness (QED) is 0.836. The smallest absolute Gasteiger partial charge is 0.251 e. The van der Waals surface area contributed by atoms with Crippen LogP contribution in [0.1, 0.15) is 5.56 Å². The number of ether oxygens (including phenoxy) is 3. The van der Waals surface area contributed by atoms with Gasteiger partial charge in [0.25, 0.3) is 5.91 Å². The Bertz CT molecular complexity index is 833. The van der Waals surface area contributed by atoms with Crippen LogP contribution < -0.4 is 24.4 Å². The average molecular weight is 354 g/mol. The highest BCUT2D eigenvalue weighted by atomic mass is 16.5.